The maximum atomic E-state index is 10.7. The summed E-state index contributed by atoms with van der Waals surface area (Å²) in [6.45, 7) is 4.74. The van der Waals surface area contributed by atoms with Crippen LogP contribution in [0.5, 0.6) is 5.75 Å². The number of rotatable bonds is 8. The zero-order valence-electron chi connectivity index (χ0n) is 11.3. The van der Waals surface area contributed by atoms with Crippen LogP contribution in [0.1, 0.15) is 36.5 Å². The summed E-state index contributed by atoms with van der Waals surface area (Å²) < 4.78 is 5.55. The van der Waals surface area contributed by atoms with Crippen LogP contribution >= 0.6 is 0 Å². The Balaban J connectivity index is 1.64. The number of hydrogen-bond acceptors (Lipinski definition) is 3. The molecule has 4 nitrogen and oxygen atoms in total. The number of carboxylic acid groups (broad SMARTS) is 1. The largest absolute Gasteiger partial charge is 0.492 e. The summed E-state index contributed by atoms with van der Waals surface area (Å²) in [5.41, 5.74) is 0.840. The van der Waals surface area contributed by atoms with Crippen molar-refractivity contribution in [2.75, 3.05) is 19.7 Å². The van der Waals surface area contributed by atoms with Crippen molar-refractivity contribution in [1.82, 2.24) is 5.32 Å². The van der Waals surface area contributed by atoms with Crippen LogP contribution in [-0.4, -0.2) is 30.8 Å². The van der Waals surface area contributed by atoms with Crippen molar-refractivity contribution in [1.29, 1.82) is 0 Å². The van der Waals surface area contributed by atoms with E-state index in [9.17, 15) is 4.79 Å². The highest BCUT2D eigenvalue weighted by molar-refractivity contribution is 5.87. The van der Waals surface area contributed by atoms with Crippen molar-refractivity contribution in [2.24, 2.45) is 5.41 Å². The highest BCUT2D eigenvalue weighted by atomic mass is 16.5. The van der Waals surface area contributed by atoms with Crippen molar-refractivity contribution in [3.63, 3.8) is 0 Å². The lowest BCUT2D eigenvalue weighted by Crippen LogP contribution is -2.27. The van der Waals surface area contributed by atoms with Gasteiger partial charge in [-0.15, -0.1) is 0 Å². The lowest BCUT2D eigenvalue weighted by molar-refractivity contribution is 0.0697. The Morgan fingerprint density at radius 3 is 2.58 bits per heavy atom. The van der Waals surface area contributed by atoms with Crippen molar-refractivity contribution < 1.29 is 14.6 Å². The van der Waals surface area contributed by atoms with Crippen LogP contribution in [0.4, 0.5) is 0 Å². The first kappa shape index (κ1) is 13.9. The van der Waals surface area contributed by atoms with Gasteiger partial charge in [0.1, 0.15) is 12.4 Å². The Hall–Kier alpha value is -1.55. The molecular formula is C15H21NO3. The summed E-state index contributed by atoms with van der Waals surface area (Å²) in [5.74, 6) is -0.203. The van der Waals surface area contributed by atoms with E-state index in [0.29, 0.717) is 17.8 Å². The highest BCUT2D eigenvalue weighted by Crippen LogP contribution is 2.47. The van der Waals surface area contributed by atoms with E-state index in [-0.39, 0.29) is 5.56 Å². The first-order chi connectivity index (χ1) is 9.15. The van der Waals surface area contributed by atoms with Crippen LogP contribution in [0.15, 0.2) is 24.3 Å². The fraction of sp³-hybridized carbons (Fsp3) is 0.533. The third-order valence-electron chi connectivity index (χ3n) is 3.86. The van der Waals surface area contributed by atoms with Crippen LogP contribution in [0.3, 0.4) is 0 Å². The second-order valence-corrected chi connectivity index (χ2v) is 5.21. The maximum Gasteiger partial charge on any atom is 0.335 e. The molecule has 0 unspecified atom stereocenters. The molecule has 2 rings (SSSR count). The number of carbonyl (C=O) groups is 1. The van der Waals surface area contributed by atoms with E-state index < -0.39 is 5.97 Å². The molecular weight excluding hydrogens is 242 g/mol. The molecule has 4 heteroatoms. The van der Waals surface area contributed by atoms with Gasteiger partial charge in [-0.05, 0) is 48.9 Å². The average Bonchev–Trinajstić information content (AvgIpc) is 3.19. The molecule has 0 atom stereocenters. The molecule has 1 aliphatic carbocycles. The molecule has 1 aromatic rings. The monoisotopic (exact) mass is 263 g/mol. The number of benzene rings is 1. The molecule has 19 heavy (non-hydrogen) atoms. The first-order valence-corrected chi connectivity index (χ1v) is 6.82. The summed E-state index contributed by atoms with van der Waals surface area (Å²) >= 11 is 0. The molecule has 0 amide bonds. The molecule has 1 aliphatic rings. The number of carboxylic acids is 1. The molecule has 0 bridgehead atoms. The Kier molecular flexibility index (Phi) is 4.43. The second kappa shape index (κ2) is 6.06. The van der Waals surface area contributed by atoms with E-state index in [4.69, 9.17) is 9.84 Å². The zero-order chi connectivity index (χ0) is 13.7. The maximum absolute atomic E-state index is 10.7. The molecule has 104 valence electrons. The average molecular weight is 263 g/mol. The lowest BCUT2D eigenvalue weighted by Gasteiger charge is -2.13. The fourth-order valence-corrected chi connectivity index (χ4v) is 2.12. The molecule has 0 aromatic heterocycles. The van der Waals surface area contributed by atoms with Crippen LogP contribution in [0, 0.1) is 5.41 Å². The van der Waals surface area contributed by atoms with Gasteiger partial charge in [-0.3, -0.25) is 0 Å². The molecule has 0 heterocycles. The van der Waals surface area contributed by atoms with Crippen LogP contribution in [0.2, 0.25) is 0 Å². The van der Waals surface area contributed by atoms with Gasteiger partial charge in [-0.1, -0.05) is 6.92 Å². The number of hydrogen-bond donors (Lipinski definition) is 2. The number of ether oxygens (including phenoxy) is 1. The van der Waals surface area contributed by atoms with Gasteiger partial charge in [-0.2, -0.15) is 0 Å². The van der Waals surface area contributed by atoms with E-state index in [1.807, 2.05) is 0 Å². The van der Waals surface area contributed by atoms with Gasteiger partial charge >= 0.3 is 5.97 Å². The predicted octanol–water partition coefficient (Wildman–Crippen LogP) is 2.54. The summed E-state index contributed by atoms with van der Waals surface area (Å²) in [5, 5.41) is 12.2. The highest BCUT2D eigenvalue weighted by Gasteiger charge is 2.39. The second-order valence-electron chi connectivity index (χ2n) is 5.21. The van der Waals surface area contributed by atoms with Gasteiger partial charge in [-0.25, -0.2) is 4.79 Å². The van der Waals surface area contributed by atoms with Crippen molar-refractivity contribution in [2.45, 2.75) is 26.2 Å². The Morgan fingerprint density at radius 1 is 1.37 bits per heavy atom. The van der Waals surface area contributed by atoms with Gasteiger partial charge in [0, 0.05) is 13.1 Å². The topological polar surface area (TPSA) is 58.6 Å². The van der Waals surface area contributed by atoms with Crippen molar-refractivity contribution in [3.05, 3.63) is 29.8 Å². The molecule has 1 fully saturated rings. The van der Waals surface area contributed by atoms with Crippen molar-refractivity contribution in [3.8, 4) is 5.75 Å². The Morgan fingerprint density at radius 2 is 2.05 bits per heavy atom. The minimum absolute atomic E-state index is 0.282. The van der Waals surface area contributed by atoms with Crippen molar-refractivity contribution >= 4 is 5.97 Å². The first-order valence-electron chi connectivity index (χ1n) is 6.82. The summed E-state index contributed by atoms with van der Waals surface area (Å²) in [7, 11) is 0. The summed E-state index contributed by atoms with van der Waals surface area (Å²) in [4.78, 5) is 10.7. The van der Waals surface area contributed by atoms with Gasteiger partial charge in [0.25, 0.3) is 0 Å². The van der Waals surface area contributed by atoms with Gasteiger partial charge in [0.2, 0.25) is 0 Å². The molecule has 1 saturated carbocycles. The number of aromatic carboxylic acids is 1. The molecule has 0 spiro atoms. The molecule has 0 radical (unpaired) electrons. The van der Waals surface area contributed by atoms with Gasteiger partial charge < -0.3 is 15.2 Å². The minimum atomic E-state index is -0.914. The van der Waals surface area contributed by atoms with Crippen LogP contribution in [0.25, 0.3) is 0 Å². The third-order valence-corrected chi connectivity index (χ3v) is 3.86. The smallest absolute Gasteiger partial charge is 0.335 e. The Labute approximate surface area is 113 Å². The fourth-order valence-electron chi connectivity index (χ4n) is 2.12. The van der Waals surface area contributed by atoms with Gasteiger partial charge in [0.15, 0.2) is 0 Å². The standard InChI is InChI=1S/C15H21NO3/c1-2-15(7-8-15)11-16-9-10-19-13-5-3-12(4-6-13)14(17)18/h3-6,16H,2,7-11H2,1H3,(H,17,18). The van der Waals surface area contributed by atoms with E-state index in [1.54, 1.807) is 24.3 Å². The molecule has 2 N–H and O–H groups in total. The summed E-state index contributed by atoms with van der Waals surface area (Å²) in [6, 6.07) is 6.50. The predicted molar refractivity (Wildman–Crippen MR) is 73.7 cm³/mol. The number of nitrogens with one attached hydrogen (secondary N) is 1. The van der Waals surface area contributed by atoms with E-state index in [0.717, 1.165) is 13.1 Å². The van der Waals surface area contributed by atoms with E-state index in [1.165, 1.54) is 19.3 Å². The molecule has 0 saturated heterocycles. The molecule has 1 aromatic carbocycles. The van der Waals surface area contributed by atoms with E-state index >= 15 is 0 Å². The van der Waals surface area contributed by atoms with E-state index in [2.05, 4.69) is 12.2 Å². The summed E-state index contributed by atoms with van der Waals surface area (Å²) in [6.07, 6.45) is 3.93. The Bertz CT molecular complexity index is 424. The lowest BCUT2D eigenvalue weighted by atomic mass is 10.0. The zero-order valence-corrected chi connectivity index (χ0v) is 11.3. The molecule has 0 aliphatic heterocycles. The normalized spacial score (nSPS) is 16.1. The SMILES string of the molecule is CCC1(CNCCOc2ccc(C(=O)O)cc2)CC1. The van der Waals surface area contributed by atoms with Gasteiger partial charge in [0.05, 0.1) is 5.56 Å². The van der Waals surface area contributed by atoms with Crippen LogP contribution in [-0.2, 0) is 0 Å². The third kappa shape index (κ3) is 3.96. The quantitative estimate of drug-likeness (QED) is 0.708. The van der Waals surface area contributed by atoms with Crippen LogP contribution < -0.4 is 10.1 Å². The minimum Gasteiger partial charge on any atom is -0.492 e.